The second kappa shape index (κ2) is 15.0. The average Bonchev–Trinajstić information content (AvgIpc) is 2.71. The van der Waals surface area contributed by atoms with Crippen LogP contribution >= 0.6 is 0 Å². The molecule has 0 aromatic carbocycles. The van der Waals surface area contributed by atoms with Crippen LogP contribution in [-0.4, -0.2) is 50.6 Å². The van der Waals surface area contributed by atoms with Gasteiger partial charge in [0.05, 0.1) is 18.2 Å². The lowest BCUT2D eigenvalue weighted by atomic mass is 9.66. The van der Waals surface area contributed by atoms with Crippen molar-refractivity contribution in [2.75, 3.05) is 0 Å². The molecule has 0 saturated heterocycles. The van der Waals surface area contributed by atoms with E-state index in [1.54, 1.807) is 0 Å². The molecule has 34 heavy (non-hydrogen) atoms. The first-order valence-corrected chi connectivity index (χ1v) is 12.3. The number of nitrogens with one attached hydrogen (secondary N) is 1. The quantitative estimate of drug-likeness (QED) is 0.314. The molecular formula is C25H42BN3O5. The summed E-state index contributed by atoms with van der Waals surface area (Å²) in [6.07, 6.45) is 6.20. The van der Waals surface area contributed by atoms with Crippen molar-refractivity contribution in [3.05, 3.63) is 24.3 Å². The molecule has 0 radical (unpaired) electrons. The molecule has 0 bridgehead atoms. The van der Waals surface area contributed by atoms with Gasteiger partial charge in [0.15, 0.2) is 5.78 Å². The summed E-state index contributed by atoms with van der Waals surface area (Å²) in [5.41, 5.74) is 0.545. The fourth-order valence-corrected chi connectivity index (χ4v) is 4.17. The fraction of sp³-hybridized carbons (Fsp3) is 0.720. The van der Waals surface area contributed by atoms with E-state index in [9.17, 15) is 24.4 Å². The van der Waals surface area contributed by atoms with E-state index >= 15 is 0 Å². The lowest BCUT2D eigenvalue weighted by molar-refractivity contribution is -0.133. The van der Waals surface area contributed by atoms with Gasteiger partial charge in [0.2, 0.25) is 5.91 Å². The van der Waals surface area contributed by atoms with E-state index in [2.05, 4.69) is 15.3 Å². The van der Waals surface area contributed by atoms with Crippen LogP contribution in [0.25, 0.3) is 0 Å². The maximum absolute atomic E-state index is 13.2. The van der Waals surface area contributed by atoms with Gasteiger partial charge < -0.3 is 15.4 Å². The molecule has 0 spiro atoms. The van der Waals surface area contributed by atoms with Crippen LogP contribution in [0.3, 0.4) is 0 Å². The second-order valence-corrected chi connectivity index (χ2v) is 10.6. The van der Waals surface area contributed by atoms with E-state index < -0.39 is 24.9 Å². The normalized spacial score (nSPS) is 14.2. The Morgan fingerprint density at radius 3 is 2.03 bits per heavy atom. The molecule has 0 aliphatic carbocycles. The molecular weight excluding hydrogens is 433 g/mol. The van der Waals surface area contributed by atoms with Crippen LogP contribution in [0, 0.1) is 23.7 Å². The van der Waals surface area contributed by atoms with E-state index in [1.807, 2.05) is 41.5 Å². The summed E-state index contributed by atoms with van der Waals surface area (Å²) < 4.78 is 0. The Balaban J connectivity index is 2.92. The minimum atomic E-state index is -1.57. The highest BCUT2D eigenvalue weighted by Gasteiger charge is 2.31. The van der Waals surface area contributed by atoms with Crippen LogP contribution in [0.15, 0.2) is 18.6 Å². The van der Waals surface area contributed by atoms with Gasteiger partial charge in [-0.25, -0.2) is 0 Å². The molecule has 1 rings (SSSR count). The van der Waals surface area contributed by atoms with E-state index in [0.29, 0.717) is 25.0 Å². The molecule has 3 atom stereocenters. The van der Waals surface area contributed by atoms with Crippen LogP contribution in [-0.2, 0) is 20.8 Å². The predicted octanol–water partition coefficient (Wildman–Crippen LogP) is 3.02. The summed E-state index contributed by atoms with van der Waals surface area (Å²) >= 11 is 0. The molecule has 0 aliphatic heterocycles. The van der Waals surface area contributed by atoms with Crippen LogP contribution in [0.2, 0.25) is 5.82 Å². The molecule has 0 unspecified atom stereocenters. The number of nitrogens with zero attached hydrogens (tertiary/aromatic N) is 2. The maximum atomic E-state index is 13.2. The van der Waals surface area contributed by atoms with Crippen molar-refractivity contribution in [2.45, 2.75) is 91.9 Å². The highest BCUT2D eigenvalue weighted by molar-refractivity contribution is 6.43. The van der Waals surface area contributed by atoms with E-state index in [1.165, 1.54) is 18.6 Å². The highest BCUT2D eigenvalue weighted by atomic mass is 16.4. The van der Waals surface area contributed by atoms with Gasteiger partial charge in [0, 0.05) is 43.2 Å². The van der Waals surface area contributed by atoms with Gasteiger partial charge in [-0.3, -0.25) is 24.4 Å². The smallest absolute Gasteiger partial charge is 0.427 e. The summed E-state index contributed by atoms with van der Waals surface area (Å²) in [6, 6.07) is -0.674. The van der Waals surface area contributed by atoms with Crippen molar-refractivity contribution in [1.29, 1.82) is 0 Å². The first-order valence-electron chi connectivity index (χ1n) is 12.3. The van der Waals surface area contributed by atoms with Gasteiger partial charge in [0.1, 0.15) is 5.78 Å². The van der Waals surface area contributed by atoms with Gasteiger partial charge >= 0.3 is 7.12 Å². The summed E-state index contributed by atoms with van der Waals surface area (Å²) in [5, 5.41) is 22.2. The van der Waals surface area contributed by atoms with Crippen molar-refractivity contribution in [3.63, 3.8) is 0 Å². The predicted molar refractivity (Wildman–Crippen MR) is 133 cm³/mol. The summed E-state index contributed by atoms with van der Waals surface area (Å²) in [5.74, 6) is -1.19. The van der Waals surface area contributed by atoms with Crippen LogP contribution in [0.1, 0.15) is 79.3 Å². The summed E-state index contributed by atoms with van der Waals surface area (Å²) in [4.78, 5) is 47.1. The number of hydrogen-bond donors (Lipinski definition) is 3. The molecule has 3 N–H and O–H groups in total. The largest absolute Gasteiger partial charge is 0.455 e. The third kappa shape index (κ3) is 11.8. The number of amides is 1. The Bertz CT molecular complexity index is 771. The molecule has 0 aliphatic rings. The number of Topliss-reactive ketones (excluding diaryl/α,β-unsaturated/α-hetero) is 2. The Hall–Kier alpha value is -2.13. The molecule has 1 heterocycles. The number of ketones is 2. The standard InChI is InChI=1S/C25H42BN3O5/c1-16(2)9-19(12-22(30)13-20(26(33)34)10-17(3)4)25(32)29-23(11-18(5)6)24(31)14-21-15-27-7-8-28-21/h7-8,15-20,23,33-34H,9-14H2,1-6H3,(H,29,32)/t19-,20-,23+/m1/s1. The Morgan fingerprint density at radius 1 is 0.912 bits per heavy atom. The number of aromatic nitrogens is 2. The first-order chi connectivity index (χ1) is 15.9. The highest BCUT2D eigenvalue weighted by Crippen LogP contribution is 2.26. The van der Waals surface area contributed by atoms with Crippen LogP contribution in [0.5, 0.6) is 0 Å². The van der Waals surface area contributed by atoms with Gasteiger partial charge in [-0.1, -0.05) is 41.5 Å². The zero-order chi connectivity index (χ0) is 25.8. The monoisotopic (exact) mass is 475 g/mol. The zero-order valence-corrected chi connectivity index (χ0v) is 21.5. The Morgan fingerprint density at radius 2 is 1.53 bits per heavy atom. The third-order valence-electron chi connectivity index (χ3n) is 5.67. The molecule has 9 heteroatoms. The van der Waals surface area contributed by atoms with Gasteiger partial charge in [-0.2, -0.15) is 0 Å². The molecule has 0 saturated carbocycles. The maximum Gasteiger partial charge on any atom is 0.455 e. The SMILES string of the molecule is CC(C)C[C@H](CC(=O)C[C@@H](CC(C)C)C(=O)N[C@@H](CC(C)C)C(=O)Cc1cnccn1)B(O)O. The zero-order valence-electron chi connectivity index (χ0n) is 21.5. The topological polar surface area (TPSA) is 129 Å². The van der Waals surface area contributed by atoms with Crippen molar-refractivity contribution in [1.82, 2.24) is 15.3 Å². The molecule has 0 fully saturated rings. The van der Waals surface area contributed by atoms with Gasteiger partial charge in [0.25, 0.3) is 0 Å². The van der Waals surface area contributed by atoms with Crippen molar-refractivity contribution in [3.8, 4) is 0 Å². The van der Waals surface area contributed by atoms with Crippen molar-refractivity contribution >= 4 is 24.6 Å². The number of carbonyl (C=O) groups is 3. The van der Waals surface area contributed by atoms with E-state index in [-0.39, 0.29) is 54.5 Å². The molecule has 1 amide bonds. The van der Waals surface area contributed by atoms with Gasteiger partial charge in [-0.15, -0.1) is 0 Å². The lowest BCUT2D eigenvalue weighted by Crippen LogP contribution is -2.45. The lowest BCUT2D eigenvalue weighted by Gasteiger charge is -2.24. The fourth-order valence-electron chi connectivity index (χ4n) is 4.17. The molecule has 1 aromatic heterocycles. The number of carbonyl (C=O) groups excluding carboxylic acids is 3. The molecule has 1 aromatic rings. The van der Waals surface area contributed by atoms with Crippen molar-refractivity contribution in [2.24, 2.45) is 23.7 Å². The second-order valence-electron chi connectivity index (χ2n) is 10.6. The Kier molecular flexibility index (Phi) is 13.2. The van der Waals surface area contributed by atoms with E-state index in [4.69, 9.17) is 0 Å². The average molecular weight is 475 g/mol. The van der Waals surface area contributed by atoms with Crippen molar-refractivity contribution < 1.29 is 24.4 Å². The summed E-state index contributed by atoms with van der Waals surface area (Å²) in [6.45, 7) is 11.9. The number of rotatable bonds is 16. The Labute approximate surface area is 204 Å². The van der Waals surface area contributed by atoms with E-state index in [0.717, 1.165) is 0 Å². The number of hydrogen-bond acceptors (Lipinski definition) is 7. The third-order valence-corrected chi connectivity index (χ3v) is 5.67. The summed E-state index contributed by atoms with van der Waals surface area (Å²) in [7, 11) is -1.57. The van der Waals surface area contributed by atoms with Crippen LogP contribution in [0.4, 0.5) is 0 Å². The minimum Gasteiger partial charge on any atom is -0.427 e. The molecule has 190 valence electrons. The first kappa shape index (κ1) is 29.9. The van der Waals surface area contributed by atoms with Crippen LogP contribution < -0.4 is 5.32 Å². The minimum absolute atomic E-state index is 0.0120. The van der Waals surface area contributed by atoms with Gasteiger partial charge in [-0.05, 0) is 37.0 Å². The molecule has 8 nitrogen and oxygen atoms in total.